The van der Waals surface area contributed by atoms with Gasteiger partial charge in [-0.25, -0.2) is 9.97 Å². The van der Waals surface area contributed by atoms with Crippen LogP contribution in [0.25, 0.3) is 0 Å². The molecule has 1 N–H and O–H groups in total. The van der Waals surface area contributed by atoms with E-state index in [0.717, 1.165) is 4.47 Å². The zero-order chi connectivity index (χ0) is 8.81. The average molecular weight is 227 g/mol. The molecule has 62 valence electrons. The number of nitriles is 1. The third-order valence-corrected chi connectivity index (χ3v) is 1.57. The van der Waals surface area contributed by atoms with Crippen molar-refractivity contribution >= 4 is 15.9 Å². The summed E-state index contributed by atoms with van der Waals surface area (Å²) in [7, 11) is 0. The molecule has 0 saturated carbocycles. The maximum absolute atomic E-state index is 8.23. The van der Waals surface area contributed by atoms with E-state index >= 15 is 0 Å². The number of rotatable bonds is 3. The van der Waals surface area contributed by atoms with Gasteiger partial charge >= 0.3 is 0 Å². The zero-order valence-corrected chi connectivity index (χ0v) is 7.87. The van der Waals surface area contributed by atoms with Gasteiger partial charge in [0.15, 0.2) is 0 Å². The fraction of sp³-hybridized carbons (Fsp3) is 0.286. The van der Waals surface area contributed by atoms with E-state index in [1.807, 2.05) is 6.07 Å². The molecule has 0 aliphatic carbocycles. The Kier molecular flexibility index (Phi) is 3.64. The molecule has 0 aliphatic rings. The van der Waals surface area contributed by atoms with E-state index in [0.29, 0.717) is 18.9 Å². The normalized spacial score (nSPS) is 9.33. The lowest BCUT2D eigenvalue weighted by Gasteiger charge is -1.97. The van der Waals surface area contributed by atoms with Gasteiger partial charge < -0.3 is 0 Å². The van der Waals surface area contributed by atoms with Crippen molar-refractivity contribution in [2.24, 2.45) is 0 Å². The third kappa shape index (κ3) is 2.95. The van der Waals surface area contributed by atoms with Crippen LogP contribution in [0.2, 0.25) is 0 Å². The van der Waals surface area contributed by atoms with Gasteiger partial charge in [-0.15, -0.1) is 0 Å². The standard InChI is InChI=1S/C7H7BrN4/c8-6-3-11-7(12-4-6)5-10-2-1-9/h3-4,10H,2,5H2. The van der Waals surface area contributed by atoms with E-state index in [-0.39, 0.29) is 0 Å². The van der Waals surface area contributed by atoms with Crippen LogP contribution < -0.4 is 5.32 Å². The Morgan fingerprint density at radius 3 is 2.75 bits per heavy atom. The van der Waals surface area contributed by atoms with Crippen LogP contribution in [0.4, 0.5) is 0 Å². The first-order valence-electron chi connectivity index (χ1n) is 3.37. The molecule has 0 amide bonds. The first-order chi connectivity index (χ1) is 5.83. The average Bonchev–Trinajstić information content (AvgIpc) is 2.09. The van der Waals surface area contributed by atoms with Crippen LogP contribution in [0, 0.1) is 11.3 Å². The van der Waals surface area contributed by atoms with E-state index in [2.05, 4.69) is 31.2 Å². The molecule has 1 heterocycles. The number of aromatic nitrogens is 2. The quantitative estimate of drug-likeness (QED) is 0.614. The second-order valence-corrected chi connectivity index (χ2v) is 2.99. The van der Waals surface area contributed by atoms with Gasteiger partial charge in [-0.05, 0) is 15.9 Å². The van der Waals surface area contributed by atoms with Gasteiger partial charge in [0.1, 0.15) is 5.82 Å². The van der Waals surface area contributed by atoms with Crippen LogP contribution in [0.5, 0.6) is 0 Å². The maximum atomic E-state index is 8.23. The SMILES string of the molecule is N#CCNCc1ncc(Br)cn1. The van der Waals surface area contributed by atoms with Crippen molar-refractivity contribution in [1.82, 2.24) is 15.3 Å². The number of nitrogens with one attached hydrogen (secondary N) is 1. The molecule has 4 nitrogen and oxygen atoms in total. The second kappa shape index (κ2) is 4.80. The maximum Gasteiger partial charge on any atom is 0.142 e. The molecule has 0 radical (unpaired) electrons. The van der Waals surface area contributed by atoms with Crippen LogP contribution in [0.15, 0.2) is 16.9 Å². The van der Waals surface area contributed by atoms with Gasteiger partial charge in [0.25, 0.3) is 0 Å². The highest BCUT2D eigenvalue weighted by atomic mass is 79.9. The molecule has 12 heavy (non-hydrogen) atoms. The lowest BCUT2D eigenvalue weighted by atomic mass is 10.5. The molecule has 0 spiro atoms. The minimum atomic E-state index is 0.319. The number of nitrogens with zero attached hydrogens (tertiary/aromatic N) is 3. The largest absolute Gasteiger partial charge is 0.297 e. The molecule has 0 fully saturated rings. The van der Waals surface area contributed by atoms with Crippen LogP contribution in [-0.4, -0.2) is 16.5 Å². The molecule has 1 rings (SSSR count). The highest BCUT2D eigenvalue weighted by molar-refractivity contribution is 9.10. The van der Waals surface area contributed by atoms with E-state index in [1.54, 1.807) is 12.4 Å². The van der Waals surface area contributed by atoms with Crippen LogP contribution >= 0.6 is 15.9 Å². The van der Waals surface area contributed by atoms with E-state index in [1.165, 1.54) is 0 Å². The van der Waals surface area contributed by atoms with Crippen LogP contribution in [0.1, 0.15) is 5.82 Å². The molecule has 0 bridgehead atoms. The first-order valence-corrected chi connectivity index (χ1v) is 4.16. The fourth-order valence-electron chi connectivity index (χ4n) is 0.661. The molecule has 1 aromatic heterocycles. The van der Waals surface area contributed by atoms with Crippen molar-refractivity contribution in [3.05, 3.63) is 22.7 Å². The summed E-state index contributed by atoms with van der Waals surface area (Å²) >= 11 is 3.23. The van der Waals surface area contributed by atoms with Gasteiger partial charge in [0.2, 0.25) is 0 Å². The summed E-state index contributed by atoms with van der Waals surface area (Å²) < 4.78 is 0.853. The molecular formula is C7H7BrN4. The smallest absolute Gasteiger partial charge is 0.142 e. The Labute approximate surface area is 78.8 Å². The summed E-state index contributed by atoms with van der Waals surface area (Å²) in [6, 6.07) is 1.97. The Balaban J connectivity index is 2.43. The Bertz CT molecular complexity index is 276. The van der Waals surface area contributed by atoms with Gasteiger partial charge in [0.05, 0.1) is 23.6 Å². The van der Waals surface area contributed by atoms with Crippen molar-refractivity contribution in [3.8, 4) is 6.07 Å². The van der Waals surface area contributed by atoms with E-state index in [4.69, 9.17) is 5.26 Å². The third-order valence-electron chi connectivity index (χ3n) is 1.16. The molecule has 0 aromatic carbocycles. The van der Waals surface area contributed by atoms with Gasteiger partial charge in [-0.1, -0.05) is 0 Å². The topological polar surface area (TPSA) is 61.6 Å². The lowest BCUT2D eigenvalue weighted by molar-refractivity contribution is 0.719. The van der Waals surface area contributed by atoms with Crippen molar-refractivity contribution in [3.63, 3.8) is 0 Å². The van der Waals surface area contributed by atoms with Crippen LogP contribution in [0.3, 0.4) is 0 Å². The van der Waals surface area contributed by atoms with E-state index in [9.17, 15) is 0 Å². The monoisotopic (exact) mass is 226 g/mol. The molecular weight excluding hydrogens is 220 g/mol. The fourth-order valence-corrected chi connectivity index (χ4v) is 0.865. The van der Waals surface area contributed by atoms with Gasteiger partial charge in [0, 0.05) is 12.4 Å². The molecule has 1 aromatic rings. The Morgan fingerprint density at radius 1 is 1.50 bits per heavy atom. The minimum Gasteiger partial charge on any atom is -0.297 e. The number of hydrogen-bond acceptors (Lipinski definition) is 4. The van der Waals surface area contributed by atoms with Crippen molar-refractivity contribution in [2.75, 3.05) is 6.54 Å². The number of hydrogen-bond donors (Lipinski definition) is 1. The van der Waals surface area contributed by atoms with Crippen molar-refractivity contribution < 1.29 is 0 Å². The lowest BCUT2D eigenvalue weighted by Crippen LogP contribution is -2.14. The number of halogens is 1. The summed E-state index contributed by atoms with van der Waals surface area (Å²) in [6.07, 6.45) is 3.35. The predicted molar refractivity (Wildman–Crippen MR) is 47.1 cm³/mol. The van der Waals surface area contributed by atoms with Gasteiger partial charge in [-0.2, -0.15) is 5.26 Å². The zero-order valence-electron chi connectivity index (χ0n) is 6.29. The first kappa shape index (κ1) is 9.10. The molecule has 0 saturated heterocycles. The highest BCUT2D eigenvalue weighted by Gasteiger charge is 1.93. The Hall–Kier alpha value is -0.990. The summed E-state index contributed by atoms with van der Waals surface area (Å²) in [5.41, 5.74) is 0. The van der Waals surface area contributed by atoms with Crippen molar-refractivity contribution in [1.29, 1.82) is 5.26 Å². The summed E-state index contributed by atoms with van der Waals surface area (Å²) in [5, 5.41) is 11.1. The van der Waals surface area contributed by atoms with Gasteiger partial charge in [-0.3, -0.25) is 5.32 Å². The molecule has 5 heteroatoms. The summed E-state index contributed by atoms with van der Waals surface area (Å²) in [6.45, 7) is 0.847. The highest BCUT2D eigenvalue weighted by Crippen LogP contribution is 2.03. The second-order valence-electron chi connectivity index (χ2n) is 2.08. The minimum absolute atomic E-state index is 0.319. The molecule has 0 unspecified atom stereocenters. The Morgan fingerprint density at radius 2 is 2.17 bits per heavy atom. The van der Waals surface area contributed by atoms with Crippen molar-refractivity contribution in [2.45, 2.75) is 6.54 Å². The summed E-state index contributed by atoms with van der Waals surface area (Å²) in [5.74, 6) is 0.688. The predicted octanol–water partition coefficient (Wildman–Crippen LogP) is 0.852. The summed E-state index contributed by atoms with van der Waals surface area (Å²) in [4.78, 5) is 8.04. The molecule has 0 aliphatic heterocycles. The molecule has 0 atom stereocenters. The van der Waals surface area contributed by atoms with Crippen LogP contribution in [-0.2, 0) is 6.54 Å². The van der Waals surface area contributed by atoms with E-state index < -0.39 is 0 Å².